The highest BCUT2D eigenvalue weighted by Gasteiger charge is 2.33. The number of unbranched alkanes of at least 4 members (excludes halogenated alkanes) is 2. The normalized spacial score (nSPS) is 20.2. The van der Waals surface area contributed by atoms with E-state index in [0.717, 1.165) is 12.3 Å². The molecule has 0 aromatic heterocycles. The second-order valence-electron chi connectivity index (χ2n) is 9.13. The van der Waals surface area contributed by atoms with E-state index in [1.165, 1.54) is 51.4 Å². The van der Waals surface area contributed by atoms with E-state index in [9.17, 15) is 8.78 Å². The monoisotopic (exact) mass is 400 g/mol. The fraction of sp³-hybridized carbons (Fsp3) is 0.538. The van der Waals surface area contributed by atoms with Crippen molar-refractivity contribution in [3.8, 4) is 22.3 Å². The first-order valence-corrected chi connectivity index (χ1v) is 11.3. The van der Waals surface area contributed by atoms with Crippen LogP contribution in [0.15, 0.2) is 18.2 Å². The molecule has 2 aromatic rings. The summed E-state index contributed by atoms with van der Waals surface area (Å²) in [6.07, 6.45) is 12.1. The fourth-order valence-corrected chi connectivity index (χ4v) is 5.28. The second kappa shape index (κ2) is 8.53. The van der Waals surface area contributed by atoms with Crippen LogP contribution < -0.4 is 0 Å². The second-order valence-corrected chi connectivity index (χ2v) is 9.13. The minimum Gasteiger partial charge on any atom is -0.206 e. The number of fused-ring (bicyclic) bond motifs is 4. The lowest BCUT2D eigenvalue weighted by atomic mass is 9.76. The summed E-state index contributed by atoms with van der Waals surface area (Å²) in [6.45, 7) is 3.79. The molecule has 29 heavy (non-hydrogen) atoms. The molecule has 2 aliphatic rings. The molecule has 0 unspecified atom stereocenters. The highest BCUT2D eigenvalue weighted by molar-refractivity contribution is 6.03. The molecule has 1 saturated carbocycles. The number of halogens is 3. The molecule has 156 valence electrons. The molecule has 1 fully saturated rings. The first kappa shape index (κ1) is 20.5. The van der Waals surface area contributed by atoms with E-state index in [0.29, 0.717) is 29.0 Å². The van der Waals surface area contributed by atoms with Crippen LogP contribution in [0.2, 0.25) is 0 Å². The third kappa shape index (κ3) is 3.85. The Morgan fingerprint density at radius 1 is 0.793 bits per heavy atom. The van der Waals surface area contributed by atoms with E-state index in [-0.39, 0.29) is 22.5 Å². The van der Waals surface area contributed by atoms with Gasteiger partial charge in [0.05, 0.1) is 0 Å². The van der Waals surface area contributed by atoms with Gasteiger partial charge >= 0.3 is 0 Å². The Balaban J connectivity index is 1.38. The van der Waals surface area contributed by atoms with Crippen LogP contribution in [0.1, 0.15) is 75.8 Å². The molecular formula is C26H31F3. The Bertz CT molecular complexity index is 892. The summed E-state index contributed by atoms with van der Waals surface area (Å²) < 4.78 is 43.4. The number of aryl methyl sites for hydroxylation is 2. The topological polar surface area (TPSA) is 0 Å². The molecule has 0 atom stereocenters. The Morgan fingerprint density at radius 2 is 1.45 bits per heavy atom. The first-order valence-electron chi connectivity index (χ1n) is 11.3. The van der Waals surface area contributed by atoms with Crippen LogP contribution in [0.5, 0.6) is 0 Å². The summed E-state index contributed by atoms with van der Waals surface area (Å²) in [4.78, 5) is 0. The molecule has 0 nitrogen and oxygen atoms in total. The van der Waals surface area contributed by atoms with E-state index in [1.54, 1.807) is 13.0 Å². The van der Waals surface area contributed by atoms with Crippen LogP contribution >= 0.6 is 0 Å². The Labute approximate surface area is 172 Å². The third-order valence-electron chi connectivity index (χ3n) is 7.15. The van der Waals surface area contributed by atoms with Crippen molar-refractivity contribution in [2.75, 3.05) is 0 Å². The highest BCUT2D eigenvalue weighted by atomic mass is 19.2. The first-order chi connectivity index (χ1) is 14.0. The average Bonchev–Trinajstić information content (AvgIpc) is 2.71. The summed E-state index contributed by atoms with van der Waals surface area (Å²) in [5, 5.41) is 0. The van der Waals surface area contributed by atoms with Crippen molar-refractivity contribution in [3.63, 3.8) is 0 Å². The van der Waals surface area contributed by atoms with Crippen LogP contribution in [0.25, 0.3) is 22.3 Å². The Morgan fingerprint density at radius 3 is 2.14 bits per heavy atom. The molecule has 0 saturated heterocycles. The molecule has 0 radical (unpaired) electrons. The van der Waals surface area contributed by atoms with E-state index in [2.05, 4.69) is 6.92 Å². The zero-order valence-corrected chi connectivity index (χ0v) is 17.6. The standard InChI is InChI=1S/C26H31F3/c1-3-4-5-6-17-7-9-18(10-8-17)11-12-19-13-14-20-21-15-16(2)24(27)26(29)23(21)22(20)25(19)28/h13-15,17-18H,3-12H2,1-2H3. The van der Waals surface area contributed by atoms with Gasteiger partial charge in [-0.2, -0.15) is 0 Å². The molecular weight excluding hydrogens is 369 g/mol. The lowest BCUT2D eigenvalue weighted by molar-refractivity contribution is 0.248. The van der Waals surface area contributed by atoms with Crippen molar-refractivity contribution >= 4 is 0 Å². The largest absolute Gasteiger partial charge is 0.206 e. The van der Waals surface area contributed by atoms with Crippen molar-refractivity contribution in [1.29, 1.82) is 0 Å². The average molecular weight is 401 g/mol. The number of benzene rings is 2. The van der Waals surface area contributed by atoms with Crippen molar-refractivity contribution < 1.29 is 13.2 Å². The van der Waals surface area contributed by atoms with Gasteiger partial charge in [-0.3, -0.25) is 0 Å². The molecule has 0 bridgehead atoms. The highest BCUT2D eigenvalue weighted by Crippen LogP contribution is 2.51. The number of hydrogen-bond acceptors (Lipinski definition) is 0. The van der Waals surface area contributed by atoms with Crippen molar-refractivity contribution in [2.24, 2.45) is 11.8 Å². The van der Waals surface area contributed by atoms with Gasteiger partial charge in [-0.05, 0) is 59.9 Å². The van der Waals surface area contributed by atoms with Gasteiger partial charge in [0.25, 0.3) is 0 Å². The van der Waals surface area contributed by atoms with Crippen molar-refractivity contribution in [3.05, 3.63) is 46.8 Å². The van der Waals surface area contributed by atoms with Crippen molar-refractivity contribution in [1.82, 2.24) is 0 Å². The van der Waals surface area contributed by atoms with Gasteiger partial charge in [0.2, 0.25) is 0 Å². The molecule has 4 rings (SSSR count). The fourth-order valence-electron chi connectivity index (χ4n) is 5.28. The predicted octanol–water partition coefficient (Wildman–Crippen LogP) is 8.38. The molecule has 2 aromatic carbocycles. The summed E-state index contributed by atoms with van der Waals surface area (Å²) in [5.74, 6) is -0.596. The summed E-state index contributed by atoms with van der Waals surface area (Å²) >= 11 is 0. The lowest BCUT2D eigenvalue weighted by Gasteiger charge is -2.29. The van der Waals surface area contributed by atoms with Crippen LogP contribution in [0.4, 0.5) is 13.2 Å². The van der Waals surface area contributed by atoms with E-state index in [1.807, 2.05) is 12.1 Å². The summed E-state index contributed by atoms with van der Waals surface area (Å²) in [5.41, 5.74) is 2.63. The molecule has 0 amide bonds. The van der Waals surface area contributed by atoms with Gasteiger partial charge in [-0.1, -0.05) is 70.4 Å². The Kier molecular flexibility index (Phi) is 6.03. The number of rotatable bonds is 7. The van der Waals surface area contributed by atoms with Gasteiger partial charge in [-0.25, -0.2) is 13.2 Å². The zero-order chi connectivity index (χ0) is 20.5. The third-order valence-corrected chi connectivity index (χ3v) is 7.15. The molecule has 2 aliphatic carbocycles. The SMILES string of the molecule is CCCCCC1CCC(CCc2ccc3c(c2F)-c2c-3cc(C)c(F)c2F)CC1. The minimum atomic E-state index is -0.912. The van der Waals surface area contributed by atoms with E-state index in [4.69, 9.17) is 0 Å². The molecule has 0 heterocycles. The van der Waals surface area contributed by atoms with Crippen LogP contribution in [0.3, 0.4) is 0 Å². The van der Waals surface area contributed by atoms with Crippen molar-refractivity contribution in [2.45, 2.75) is 78.1 Å². The van der Waals surface area contributed by atoms with E-state index < -0.39 is 11.6 Å². The predicted molar refractivity (Wildman–Crippen MR) is 113 cm³/mol. The van der Waals surface area contributed by atoms with Gasteiger partial charge in [-0.15, -0.1) is 0 Å². The lowest BCUT2D eigenvalue weighted by Crippen LogP contribution is -2.16. The minimum absolute atomic E-state index is 0.120. The zero-order valence-electron chi connectivity index (χ0n) is 17.6. The maximum Gasteiger partial charge on any atom is 0.167 e. The molecule has 3 heteroatoms. The van der Waals surface area contributed by atoms with Gasteiger partial charge < -0.3 is 0 Å². The summed E-state index contributed by atoms with van der Waals surface area (Å²) in [6, 6.07) is 5.33. The Hall–Kier alpha value is -1.77. The maximum atomic E-state index is 15.1. The number of hydrogen-bond donors (Lipinski definition) is 0. The van der Waals surface area contributed by atoms with Gasteiger partial charge in [0, 0.05) is 11.1 Å². The van der Waals surface area contributed by atoms with E-state index >= 15 is 4.39 Å². The quantitative estimate of drug-likeness (QED) is 0.349. The summed E-state index contributed by atoms with van der Waals surface area (Å²) in [7, 11) is 0. The van der Waals surface area contributed by atoms with Crippen LogP contribution in [0, 0.1) is 36.2 Å². The molecule has 0 N–H and O–H groups in total. The van der Waals surface area contributed by atoms with Gasteiger partial charge in [0.1, 0.15) is 5.82 Å². The van der Waals surface area contributed by atoms with Gasteiger partial charge in [0.15, 0.2) is 11.6 Å². The molecule has 0 spiro atoms. The van der Waals surface area contributed by atoms with Crippen LogP contribution in [-0.4, -0.2) is 0 Å². The van der Waals surface area contributed by atoms with Crippen LogP contribution in [-0.2, 0) is 6.42 Å². The molecule has 0 aliphatic heterocycles. The maximum absolute atomic E-state index is 15.1. The smallest absolute Gasteiger partial charge is 0.167 e.